The summed E-state index contributed by atoms with van der Waals surface area (Å²) in [5.74, 6) is -0.310. The van der Waals surface area contributed by atoms with Crippen molar-refractivity contribution in [1.29, 1.82) is 0 Å². The Bertz CT molecular complexity index is 907. The van der Waals surface area contributed by atoms with Crippen LogP contribution in [0.3, 0.4) is 0 Å². The lowest BCUT2D eigenvalue weighted by atomic mass is 9.89. The quantitative estimate of drug-likeness (QED) is 0.551. The minimum atomic E-state index is -0.485. The fourth-order valence-corrected chi connectivity index (χ4v) is 4.05. The number of rotatable bonds is 9. The molecule has 1 heterocycles. The van der Waals surface area contributed by atoms with Crippen molar-refractivity contribution in [2.45, 2.75) is 45.4 Å². The largest absolute Gasteiger partial charge is 0.352 e. The van der Waals surface area contributed by atoms with Crippen LogP contribution in [-0.2, 0) is 4.79 Å². The second-order valence-electron chi connectivity index (χ2n) is 8.83. The zero-order valence-electron chi connectivity index (χ0n) is 19.1. The Labute approximate surface area is 190 Å². The SMILES string of the molecule is CC(C)C(=O)Nc1cccc(C2CCN(CCCCNC(=O)c3ccccc3F)CC2)c1. The zero-order valence-corrected chi connectivity index (χ0v) is 19.1. The molecule has 172 valence electrons. The molecular formula is C26H34FN3O2. The van der Waals surface area contributed by atoms with Gasteiger partial charge in [0.15, 0.2) is 0 Å². The van der Waals surface area contributed by atoms with Gasteiger partial charge < -0.3 is 15.5 Å². The van der Waals surface area contributed by atoms with Crippen molar-refractivity contribution in [3.05, 3.63) is 65.5 Å². The minimum Gasteiger partial charge on any atom is -0.352 e. The Morgan fingerprint density at radius 1 is 1.06 bits per heavy atom. The zero-order chi connectivity index (χ0) is 22.9. The van der Waals surface area contributed by atoms with Gasteiger partial charge in [-0.05, 0) is 81.1 Å². The summed E-state index contributed by atoms with van der Waals surface area (Å²) in [5.41, 5.74) is 2.27. The number of hydrogen-bond acceptors (Lipinski definition) is 3. The summed E-state index contributed by atoms with van der Waals surface area (Å²) in [6.07, 6.45) is 4.08. The van der Waals surface area contributed by atoms with Gasteiger partial charge in [-0.15, -0.1) is 0 Å². The summed E-state index contributed by atoms with van der Waals surface area (Å²) in [5, 5.41) is 5.80. The molecule has 32 heavy (non-hydrogen) atoms. The smallest absolute Gasteiger partial charge is 0.254 e. The Morgan fingerprint density at radius 3 is 2.53 bits per heavy atom. The van der Waals surface area contributed by atoms with E-state index in [4.69, 9.17) is 0 Å². The molecule has 1 aliphatic rings. The fourth-order valence-electron chi connectivity index (χ4n) is 4.05. The molecule has 0 unspecified atom stereocenters. The molecule has 2 amide bonds. The normalized spacial score (nSPS) is 15.0. The molecule has 0 radical (unpaired) electrons. The van der Waals surface area contributed by atoms with Crippen LogP contribution in [-0.4, -0.2) is 42.9 Å². The first kappa shape index (κ1) is 23.9. The van der Waals surface area contributed by atoms with Crippen molar-refractivity contribution in [3.63, 3.8) is 0 Å². The predicted molar refractivity (Wildman–Crippen MR) is 126 cm³/mol. The number of halogens is 1. The number of piperidine rings is 1. The topological polar surface area (TPSA) is 61.4 Å². The highest BCUT2D eigenvalue weighted by Crippen LogP contribution is 2.29. The molecule has 5 nitrogen and oxygen atoms in total. The molecule has 0 aliphatic carbocycles. The van der Waals surface area contributed by atoms with Crippen molar-refractivity contribution >= 4 is 17.5 Å². The van der Waals surface area contributed by atoms with Crippen LogP contribution in [0.1, 0.15) is 61.4 Å². The molecule has 3 rings (SSSR count). The van der Waals surface area contributed by atoms with Crippen molar-refractivity contribution in [2.24, 2.45) is 5.92 Å². The maximum absolute atomic E-state index is 13.6. The summed E-state index contributed by atoms with van der Waals surface area (Å²) in [4.78, 5) is 26.5. The van der Waals surface area contributed by atoms with Gasteiger partial charge in [-0.2, -0.15) is 0 Å². The van der Waals surface area contributed by atoms with Gasteiger partial charge in [0.25, 0.3) is 5.91 Å². The monoisotopic (exact) mass is 439 g/mol. The molecule has 1 fully saturated rings. The number of benzene rings is 2. The Kier molecular flexibility index (Phi) is 8.80. The lowest BCUT2D eigenvalue weighted by Gasteiger charge is -2.32. The van der Waals surface area contributed by atoms with Crippen LogP contribution in [0.5, 0.6) is 0 Å². The van der Waals surface area contributed by atoms with E-state index in [-0.39, 0.29) is 23.3 Å². The van der Waals surface area contributed by atoms with Gasteiger partial charge >= 0.3 is 0 Å². The van der Waals surface area contributed by atoms with Gasteiger partial charge in [-0.3, -0.25) is 9.59 Å². The fraction of sp³-hybridized carbons (Fsp3) is 0.462. The molecule has 2 aromatic rings. The molecule has 0 aromatic heterocycles. The van der Waals surface area contributed by atoms with Crippen LogP contribution < -0.4 is 10.6 Å². The summed E-state index contributed by atoms with van der Waals surface area (Å²) in [6.45, 7) is 7.45. The number of hydrogen-bond donors (Lipinski definition) is 2. The number of carbonyl (C=O) groups excluding carboxylic acids is 2. The second kappa shape index (κ2) is 11.8. The molecule has 0 bridgehead atoms. The van der Waals surface area contributed by atoms with Gasteiger partial charge in [-0.25, -0.2) is 4.39 Å². The van der Waals surface area contributed by atoms with E-state index in [1.807, 2.05) is 26.0 Å². The standard InChI is InChI=1S/C26H34FN3O2/c1-19(2)25(31)29-22-9-7-8-21(18-22)20-12-16-30(17-13-20)15-6-5-14-28-26(32)23-10-3-4-11-24(23)27/h3-4,7-11,18-20H,5-6,12-17H2,1-2H3,(H,28,32)(H,29,31). The average Bonchev–Trinajstić information content (AvgIpc) is 2.79. The maximum Gasteiger partial charge on any atom is 0.254 e. The predicted octanol–water partition coefficient (Wildman–Crippen LogP) is 4.81. The van der Waals surface area contributed by atoms with Crippen LogP contribution in [0.15, 0.2) is 48.5 Å². The molecule has 2 N–H and O–H groups in total. The number of anilines is 1. The van der Waals surface area contributed by atoms with Gasteiger partial charge in [0.1, 0.15) is 5.82 Å². The van der Waals surface area contributed by atoms with Gasteiger partial charge in [0.05, 0.1) is 5.56 Å². The average molecular weight is 440 g/mol. The number of likely N-dealkylation sites (tertiary alicyclic amines) is 1. The second-order valence-corrected chi connectivity index (χ2v) is 8.83. The molecule has 1 aliphatic heterocycles. The van der Waals surface area contributed by atoms with E-state index in [0.717, 1.165) is 51.0 Å². The van der Waals surface area contributed by atoms with E-state index in [1.165, 1.54) is 17.7 Å². The highest BCUT2D eigenvalue weighted by Gasteiger charge is 2.21. The molecular weight excluding hydrogens is 405 g/mol. The van der Waals surface area contributed by atoms with Crippen molar-refractivity contribution in [3.8, 4) is 0 Å². The molecule has 2 aromatic carbocycles. The van der Waals surface area contributed by atoms with Crippen molar-refractivity contribution < 1.29 is 14.0 Å². The van der Waals surface area contributed by atoms with Gasteiger partial charge in [0.2, 0.25) is 5.91 Å². The highest BCUT2D eigenvalue weighted by molar-refractivity contribution is 5.94. The Morgan fingerprint density at radius 2 is 1.81 bits per heavy atom. The summed E-state index contributed by atoms with van der Waals surface area (Å²) >= 11 is 0. The highest BCUT2D eigenvalue weighted by atomic mass is 19.1. The molecule has 0 saturated carbocycles. The van der Waals surface area contributed by atoms with E-state index in [0.29, 0.717) is 12.5 Å². The first-order valence-electron chi connectivity index (χ1n) is 11.6. The third-order valence-electron chi connectivity index (χ3n) is 6.04. The van der Waals surface area contributed by atoms with E-state index in [9.17, 15) is 14.0 Å². The van der Waals surface area contributed by atoms with Gasteiger partial charge in [0, 0.05) is 18.2 Å². The van der Waals surface area contributed by atoms with Crippen LogP contribution in [0.4, 0.5) is 10.1 Å². The van der Waals surface area contributed by atoms with Crippen molar-refractivity contribution in [2.75, 3.05) is 31.5 Å². The van der Waals surface area contributed by atoms with Crippen LogP contribution in [0, 0.1) is 11.7 Å². The van der Waals surface area contributed by atoms with E-state index < -0.39 is 5.82 Å². The van der Waals surface area contributed by atoms with Crippen LogP contribution in [0.25, 0.3) is 0 Å². The summed E-state index contributed by atoms with van der Waals surface area (Å²) in [7, 11) is 0. The van der Waals surface area contributed by atoms with E-state index in [2.05, 4.69) is 27.7 Å². The van der Waals surface area contributed by atoms with Gasteiger partial charge in [-0.1, -0.05) is 38.1 Å². The van der Waals surface area contributed by atoms with Crippen molar-refractivity contribution in [1.82, 2.24) is 10.2 Å². The third kappa shape index (κ3) is 6.89. The Hall–Kier alpha value is -2.73. The number of nitrogens with one attached hydrogen (secondary N) is 2. The molecule has 1 saturated heterocycles. The first-order valence-corrected chi connectivity index (χ1v) is 11.6. The first-order chi connectivity index (χ1) is 15.4. The molecule has 0 spiro atoms. The van der Waals surface area contributed by atoms with E-state index in [1.54, 1.807) is 12.1 Å². The van der Waals surface area contributed by atoms with Crippen LogP contribution >= 0.6 is 0 Å². The lowest BCUT2D eigenvalue weighted by molar-refractivity contribution is -0.118. The van der Waals surface area contributed by atoms with E-state index >= 15 is 0 Å². The Balaban J connectivity index is 1.35. The minimum absolute atomic E-state index is 0.0327. The lowest BCUT2D eigenvalue weighted by Crippen LogP contribution is -2.34. The summed E-state index contributed by atoms with van der Waals surface area (Å²) < 4.78 is 13.6. The summed E-state index contributed by atoms with van der Waals surface area (Å²) in [6, 6.07) is 14.3. The molecule has 0 atom stereocenters. The number of amides is 2. The molecule has 6 heteroatoms. The number of carbonyl (C=O) groups is 2. The van der Waals surface area contributed by atoms with Crippen LogP contribution in [0.2, 0.25) is 0 Å². The maximum atomic E-state index is 13.6. The number of unbranched alkanes of at least 4 members (excludes halogenated alkanes) is 1. The third-order valence-corrected chi connectivity index (χ3v) is 6.04. The number of nitrogens with zero attached hydrogens (tertiary/aromatic N) is 1.